The number of amides is 2. The van der Waals surface area contributed by atoms with Gasteiger partial charge in [-0.25, -0.2) is 8.42 Å². The molecule has 0 aliphatic heterocycles. The number of sulfonamides is 1. The largest absolute Gasteiger partial charge is 0.350 e. The average Bonchev–Trinajstić information content (AvgIpc) is 2.99. The molecule has 0 aliphatic rings. The molecule has 4 aromatic rings. The number of carbonyl (C=O) groups excluding carboxylic acids is 2. The maximum Gasteiger partial charge on any atom is 0.264 e. The number of anilines is 1. The van der Waals surface area contributed by atoms with Crippen LogP contribution in [-0.2, 0) is 32.6 Å². The first-order valence-electron chi connectivity index (χ1n) is 14.1. The molecule has 1 atom stereocenters. The van der Waals surface area contributed by atoms with E-state index in [1.54, 1.807) is 66.7 Å². The molecule has 0 fully saturated rings. The predicted molar refractivity (Wildman–Crippen MR) is 176 cm³/mol. The lowest BCUT2D eigenvalue weighted by atomic mass is 10.0. The number of hydrogen-bond acceptors (Lipinski definition) is 4. The fraction of sp³-hybridized carbons (Fsp3) is 0.235. The summed E-state index contributed by atoms with van der Waals surface area (Å²) in [5.74, 6) is -0.996. The molecule has 2 amide bonds. The molecule has 0 heterocycles. The summed E-state index contributed by atoms with van der Waals surface area (Å²) >= 11 is 13.1. The molecular formula is C34H35Cl2N3O4S. The third kappa shape index (κ3) is 8.40. The van der Waals surface area contributed by atoms with Gasteiger partial charge in [-0.15, -0.1) is 0 Å². The van der Waals surface area contributed by atoms with Gasteiger partial charge in [-0.2, -0.15) is 0 Å². The van der Waals surface area contributed by atoms with Gasteiger partial charge >= 0.3 is 0 Å². The van der Waals surface area contributed by atoms with Crippen LogP contribution in [0.2, 0.25) is 10.0 Å². The van der Waals surface area contributed by atoms with Crippen LogP contribution in [0.1, 0.15) is 31.9 Å². The third-order valence-corrected chi connectivity index (χ3v) is 9.31. The summed E-state index contributed by atoms with van der Waals surface area (Å²) in [5, 5.41) is 3.64. The Morgan fingerprint density at radius 2 is 1.30 bits per heavy atom. The van der Waals surface area contributed by atoms with E-state index in [-0.39, 0.29) is 17.9 Å². The fourth-order valence-corrected chi connectivity index (χ4v) is 6.66. The molecule has 230 valence electrons. The zero-order valence-corrected chi connectivity index (χ0v) is 27.1. The molecule has 10 heteroatoms. The minimum absolute atomic E-state index is 0.0312. The Bertz CT molecular complexity index is 1660. The van der Waals surface area contributed by atoms with Gasteiger partial charge in [0.15, 0.2) is 0 Å². The van der Waals surface area contributed by atoms with Crippen LogP contribution in [0.4, 0.5) is 5.69 Å². The van der Waals surface area contributed by atoms with E-state index in [1.807, 2.05) is 51.1 Å². The smallest absolute Gasteiger partial charge is 0.264 e. The maximum atomic E-state index is 14.5. The summed E-state index contributed by atoms with van der Waals surface area (Å²) in [4.78, 5) is 29.8. The van der Waals surface area contributed by atoms with E-state index >= 15 is 0 Å². The highest BCUT2D eigenvalue weighted by molar-refractivity contribution is 7.92. The van der Waals surface area contributed by atoms with Gasteiger partial charge in [-0.1, -0.05) is 96.0 Å². The molecule has 0 aliphatic carbocycles. The Balaban J connectivity index is 1.83. The second-order valence-electron chi connectivity index (χ2n) is 11.3. The quantitative estimate of drug-likeness (QED) is 0.194. The number of rotatable bonds is 11. The molecule has 4 rings (SSSR count). The van der Waals surface area contributed by atoms with Crippen LogP contribution in [-0.4, -0.2) is 43.3 Å². The van der Waals surface area contributed by atoms with Crippen molar-refractivity contribution < 1.29 is 18.0 Å². The van der Waals surface area contributed by atoms with Crippen molar-refractivity contribution in [1.29, 1.82) is 0 Å². The van der Waals surface area contributed by atoms with Crippen molar-refractivity contribution >= 4 is 50.7 Å². The van der Waals surface area contributed by atoms with E-state index in [2.05, 4.69) is 5.32 Å². The van der Waals surface area contributed by atoms with E-state index in [9.17, 15) is 18.0 Å². The van der Waals surface area contributed by atoms with Crippen molar-refractivity contribution in [2.45, 2.75) is 50.2 Å². The number of para-hydroxylation sites is 1. The standard InChI is InChI=1S/C34H35Cl2N3O4S/c1-34(2,3)37-33(41)31(22-25-14-7-4-8-15-25)38(23-28-29(35)20-13-21-30(28)36)32(40)24-39(26-16-9-5-10-17-26)44(42,43)27-18-11-6-12-19-27/h4-21,31H,22-24H2,1-3H3,(H,37,41)/t31-/m0/s1. The van der Waals surface area contributed by atoms with Crippen molar-refractivity contribution in [3.8, 4) is 0 Å². The van der Waals surface area contributed by atoms with Gasteiger partial charge in [-0.3, -0.25) is 13.9 Å². The van der Waals surface area contributed by atoms with E-state index in [1.165, 1.54) is 17.0 Å². The number of hydrogen-bond donors (Lipinski definition) is 1. The number of benzene rings is 4. The molecule has 0 spiro atoms. The van der Waals surface area contributed by atoms with Crippen LogP contribution in [0.3, 0.4) is 0 Å². The van der Waals surface area contributed by atoms with E-state index in [0.29, 0.717) is 21.3 Å². The lowest BCUT2D eigenvalue weighted by molar-refractivity contribution is -0.140. The summed E-state index contributed by atoms with van der Waals surface area (Å²) in [5.41, 5.74) is 0.971. The van der Waals surface area contributed by atoms with E-state index < -0.39 is 40.0 Å². The van der Waals surface area contributed by atoms with Gasteiger partial charge in [0.2, 0.25) is 11.8 Å². The normalized spacial score (nSPS) is 12.3. The first-order chi connectivity index (χ1) is 20.9. The topological polar surface area (TPSA) is 86.8 Å². The van der Waals surface area contributed by atoms with Crippen LogP contribution in [0.25, 0.3) is 0 Å². The monoisotopic (exact) mass is 651 g/mol. The van der Waals surface area contributed by atoms with Crippen molar-refractivity contribution in [2.24, 2.45) is 0 Å². The number of nitrogens with one attached hydrogen (secondary N) is 1. The lowest BCUT2D eigenvalue weighted by Crippen LogP contribution is -2.56. The minimum Gasteiger partial charge on any atom is -0.350 e. The molecule has 4 aromatic carbocycles. The van der Waals surface area contributed by atoms with Gasteiger partial charge in [0.1, 0.15) is 12.6 Å². The van der Waals surface area contributed by atoms with Crippen molar-refractivity contribution in [2.75, 3.05) is 10.8 Å². The Morgan fingerprint density at radius 3 is 1.84 bits per heavy atom. The first-order valence-corrected chi connectivity index (χ1v) is 16.3. The molecule has 0 saturated carbocycles. The number of halogens is 2. The number of nitrogens with zero attached hydrogens (tertiary/aromatic N) is 2. The minimum atomic E-state index is -4.17. The van der Waals surface area contributed by atoms with Crippen LogP contribution >= 0.6 is 23.2 Å². The molecule has 7 nitrogen and oxygen atoms in total. The van der Waals surface area contributed by atoms with Crippen LogP contribution in [0, 0.1) is 0 Å². The van der Waals surface area contributed by atoms with Crippen LogP contribution in [0.5, 0.6) is 0 Å². The molecule has 0 aromatic heterocycles. The van der Waals surface area contributed by atoms with E-state index in [4.69, 9.17) is 23.2 Å². The number of carbonyl (C=O) groups is 2. The van der Waals surface area contributed by atoms with Gasteiger partial charge in [0.05, 0.1) is 10.6 Å². The first kappa shape index (κ1) is 33.1. The average molecular weight is 653 g/mol. The molecule has 0 bridgehead atoms. The summed E-state index contributed by atoms with van der Waals surface area (Å²) in [6.45, 7) is 4.86. The van der Waals surface area contributed by atoms with E-state index in [0.717, 1.165) is 9.87 Å². The van der Waals surface area contributed by atoms with Gasteiger partial charge < -0.3 is 10.2 Å². The van der Waals surface area contributed by atoms with Crippen LogP contribution in [0.15, 0.2) is 114 Å². The zero-order valence-electron chi connectivity index (χ0n) is 24.8. The maximum absolute atomic E-state index is 14.5. The zero-order chi connectivity index (χ0) is 31.9. The molecular weight excluding hydrogens is 617 g/mol. The Morgan fingerprint density at radius 1 is 0.773 bits per heavy atom. The van der Waals surface area contributed by atoms with Crippen molar-refractivity contribution in [3.63, 3.8) is 0 Å². The van der Waals surface area contributed by atoms with Crippen molar-refractivity contribution in [3.05, 3.63) is 130 Å². The third-order valence-electron chi connectivity index (χ3n) is 6.81. The summed E-state index contributed by atoms with van der Waals surface area (Å²) < 4.78 is 29.0. The molecule has 44 heavy (non-hydrogen) atoms. The van der Waals surface area contributed by atoms with Crippen molar-refractivity contribution in [1.82, 2.24) is 10.2 Å². The SMILES string of the molecule is CC(C)(C)NC(=O)[C@H](Cc1ccccc1)N(Cc1c(Cl)cccc1Cl)C(=O)CN(c1ccccc1)S(=O)(=O)c1ccccc1. The van der Waals surface area contributed by atoms with Gasteiger partial charge in [-0.05, 0) is 62.7 Å². The van der Waals surface area contributed by atoms with Gasteiger partial charge in [0.25, 0.3) is 10.0 Å². The second-order valence-corrected chi connectivity index (χ2v) is 14.0. The fourth-order valence-electron chi connectivity index (χ4n) is 4.70. The Kier molecular flexibility index (Phi) is 10.7. The summed E-state index contributed by atoms with van der Waals surface area (Å²) in [6.07, 6.45) is 0.174. The second kappa shape index (κ2) is 14.3. The molecule has 0 saturated heterocycles. The van der Waals surface area contributed by atoms with Gasteiger partial charge in [0, 0.05) is 34.1 Å². The molecule has 0 radical (unpaired) electrons. The Labute approximate surface area is 269 Å². The molecule has 0 unspecified atom stereocenters. The Hall–Kier alpha value is -3.85. The highest BCUT2D eigenvalue weighted by Crippen LogP contribution is 2.29. The van der Waals surface area contributed by atoms with Crippen LogP contribution < -0.4 is 9.62 Å². The summed E-state index contributed by atoms with van der Waals surface area (Å²) in [6, 6.07) is 29.6. The highest BCUT2D eigenvalue weighted by Gasteiger charge is 2.36. The lowest BCUT2D eigenvalue weighted by Gasteiger charge is -2.35. The molecule has 1 N–H and O–H groups in total. The highest BCUT2D eigenvalue weighted by atomic mass is 35.5. The summed E-state index contributed by atoms with van der Waals surface area (Å²) in [7, 11) is -4.17. The predicted octanol–water partition coefficient (Wildman–Crippen LogP) is 6.74.